The van der Waals surface area contributed by atoms with Crippen LogP contribution in [0.1, 0.15) is 34.4 Å². The third-order valence-corrected chi connectivity index (χ3v) is 5.82. The Morgan fingerprint density at radius 2 is 1.63 bits per heavy atom. The van der Waals surface area contributed by atoms with Crippen molar-refractivity contribution in [2.45, 2.75) is 19.1 Å². The topological polar surface area (TPSA) is 52.0 Å². The van der Waals surface area contributed by atoms with E-state index in [1.807, 2.05) is 28.9 Å². The number of benzene rings is 3. The number of para-hydroxylation sites is 1. The van der Waals surface area contributed by atoms with Crippen molar-refractivity contribution in [1.82, 2.24) is 14.8 Å². The number of aromatic nitrogens is 3. The molecule has 1 aromatic heterocycles. The van der Waals surface area contributed by atoms with E-state index in [2.05, 4.69) is 76.9 Å². The van der Waals surface area contributed by atoms with Gasteiger partial charge in [-0.05, 0) is 30.2 Å². The monoisotopic (exact) mass is 392 g/mol. The van der Waals surface area contributed by atoms with Gasteiger partial charge in [0.2, 0.25) is 5.95 Å². The van der Waals surface area contributed by atoms with Gasteiger partial charge < -0.3 is 10.1 Å². The summed E-state index contributed by atoms with van der Waals surface area (Å²) >= 11 is 0. The molecule has 0 saturated carbocycles. The number of ether oxygens (including phenoxy) is 1. The first-order valence-corrected chi connectivity index (χ1v) is 10.1. The summed E-state index contributed by atoms with van der Waals surface area (Å²) in [7, 11) is 0. The zero-order valence-corrected chi connectivity index (χ0v) is 16.5. The van der Waals surface area contributed by atoms with Crippen molar-refractivity contribution in [2.75, 3.05) is 5.32 Å². The van der Waals surface area contributed by atoms with Crippen LogP contribution in [0.5, 0.6) is 5.75 Å². The number of fused-ring (bicyclic) bond motifs is 3. The molecule has 0 radical (unpaired) electrons. The van der Waals surface area contributed by atoms with Crippen LogP contribution in [0.4, 0.5) is 5.95 Å². The third-order valence-electron chi connectivity index (χ3n) is 5.82. The van der Waals surface area contributed by atoms with E-state index in [4.69, 9.17) is 4.74 Å². The van der Waals surface area contributed by atoms with Gasteiger partial charge in [-0.2, -0.15) is 10.1 Å². The lowest BCUT2D eigenvalue weighted by Crippen LogP contribution is -2.32. The first-order valence-electron chi connectivity index (χ1n) is 10.1. The smallest absolute Gasteiger partial charge is 0.226 e. The standard InChI is InChI=1S/C25H20N4O/c1-16-11-13-17(14-12-16)23-21-22(28-25-26-15-27-29(23)25)19-9-5-6-10-20(19)30-24(21)18-7-3-2-4-8-18/h2-15,23-24H,1H3,(H,26,27,28)/t23-,24+/m0/s1. The minimum absolute atomic E-state index is 0.113. The molecule has 146 valence electrons. The van der Waals surface area contributed by atoms with Crippen LogP contribution in [0.2, 0.25) is 0 Å². The molecule has 0 saturated heterocycles. The van der Waals surface area contributed by atoms with Crippen molar-refractivity contribution in [3.63, 3.8) is 0 Å². The molecule has 0 unspecified atom stereocenters. The fourth-order valence-electron chi connectivity index (χ4n) is 4.39. The SMILES string of the molecule is Cc1ccc([C@H]2C3=C(Nc4ncnn42)c2ccccc2O[C@@H]3c2ccccc2)cc1. The molecule has 3 heterocycles. The lowest BCUT2D eigenvalue weighted by Gasteiger charge is -2.39. The molecule has 1 N–H and O–H groups in total. The number of nitrogens with one attached hydrogen (secondary N) is 1. The van der Waals surface area contributed by atoms with Crippen molar-refractivity contribution in [1.29, 1.82) is 0 Å². The largest absolute Gasteiger partial charge is 0.480 e. The third kappa shape index (κ3) is 2.55. The first-order chi connectivity index (χ1) is 14.8. The molecule has 0 amide bonds. The molecule has 0 spiro atoms. The van der Waals surface area contributed by atoms with E-state index in [1.54, 1.807) is 6.33 Å². The number of hydrogen-bond donors (Lipinski definition) is 1. The van der Waals surface area contributed by atoms with Crippen LogP contribution >= 0.6 is 0 Å². The molecule has 2 aliphatic rings. The predicted molar refractivity (Wildman–Crippen MR) is 116 cm³/mol. The van der Waals surface area contributed by atoms with Gasteiger partial charge in [0, 0.05) is 11.1 Å². The number of nitrogens with zero attached hydrogens (tertiary/aromatic N) is 3. The molecule has 0 aliphatic carbocycles. The first kappa shape index (κ1) is 17.0. The number of hydrogen-bond acceptors (Lipinski definition) is 4. The Kier molecular flexibility index (Phi) is 3.74. The van der Waals surface area contributed by atoms with Gasteiger partial charge in [0.1, 0.15) is 24.2 Å². The Morgan fingerprint density at radius 3 is 2.47 bits per heavy atom. The van der Waals surface area contributed by atoms with Gasteiger partial charge in [-0.1, -0.05) is 72.3 Å². The molecule has 2 atom stereocenters. The Labute approximate surface area is 174 Å². The fraction of sp³-hybridized carbons (Fsp3) is 0.120. The van der Waals surface area contributed by atoms with E-state index in [0.717, 1.165) is 39.7 Å². The molecular formula is C25H20N4O. The maximum atomic E-state index is 6.60. The predicted octanol–water partition coefficient (Wildman–Crippen LogP) is 5.15. The van der Waals surface area contributed by atoms with Crippen LogP contribution in [-0.4, -0.2) is 14.8 Å². The molecule has 4 aromatic rings. The summed E-state index contributed by atoms with van der Waals surface area (Å²) < 4.78 is 8.55. The van der Waals surface area contributed by atoms with Crippen LogP contribution in [0.3, 0.4) is 0 Å². The Morgan fingerprint density at radius 1 is 0.867 bits per heavy atom. The van der Waals surface area contributed by atoms with Gasteiger partial charge in [-0.3, -0.25) is 0 Å². The summed E-state index contributed by atoms with van der Waals surface area (Å²) in [5.41, 5.74) is 6.74. The van der Waals surface area contributed by atoms with E-state index in [1.165, 1.54) is 5.56 Å². The Balaban J connectivity index is 1.63. The summed E-state index contributed by atoms with van der Waals surface area (Å²) in [5, 5.41) is 8.10. The van der Waals surface area contributed by atoms with E-state index in [-0.39, 0.29) is 12.1 Å². The maximum absolute atomic E-state index is 6.60. The molecule has 0 bridgehead atoms. The number of anilines is 1. The second kappa shape index (κ2) is 6.59. The highest BCUT2D eigenvalue weighted by molar-refractivity contribution is 5.85. The van der Waals surface area contributed by atoms with Crippen molar-refractivity contribution >= 4 is 11.6 Å². The summed E-state index contributed by atoms with van der Waals surface area (Å²) in [6, 6.07) is 27.1. The summed E-state index contributed by atoms with van der Waals surface area (Å²) in [5.74, 6) is 1.61. The van der Waals surface area contributed by atoms with Gasteiger partial charge >= 0.3 is 0 Å². The minimum Gasteiger partial charge on any atom is -0.480 e. The quantitative estimate of drug-likeness (QED) is 0.513. The number of aryl methyl sites for hydroxylation is 1. The van der Waals surface area contributed by atoms with Crippen LogP contribution < -0.4 is 10.1 Å². The van der Waals surface area contributed by atoms with Crippen LogP contribution in [0.15, 0.2) is 90.8 Å². The zero-order chi connectivity index (χ0) is 20.1. The van der Waals surface area contributed by atoms with Gasteiger partial charge in [-0.15, -0.1) is 0 Å². The van der Waals surface area contributed by atoms with Crippen LogP contribution in [0.25, 0.3) is 5.70 Å². The molecular weight excluding hydrogens is 372 g/mol. The summed E-state index contributed by atoms with van der Waals surface area (Å²) in [6.45, 7) is 2.10. The van der Waals surface area contributed by atoms with E-state index in [9.17, 15) is 0 Å². The minimum atomic E-state index is -0.229. The lowest BCUT2D eigenvalue weighted by molar-refractivity contribution is 0.223. The average molecular weight is 392 g/mol. The maximum Gasteiger partial charge on any atom is 0.226 e. The average Bonchev–Trinajstić information content (AvgIpc) is 3.27. The van der Waals surface area contributed by atoms with Crippen LogP contribution in [-0.2, 0) is 0 Å². The Bertz CT molecular complexity index is 1260. The normalized spacial score (nSPS) is 19.2. The van der Waals surface area contributed by atoms with E-state index >= 15 is 0 Å². The highest BCUT2D eigenvalue weighted by atomic mass is 16.5. The molecule has 2 aliphatic heterocycles. The van der Waals surface area contributed by atoms with Gasteiger partial charge in [0.15, 0.2) is 0 Å². The summed E-state index contributed by atoms with van der Waals surface area (Å²) in [4.78, 5) is 4.48. The summed E-state index contributed by atoms with van der Waals surface area (Å²) in [6.07, 6.45) is 1.37. The zero-order valence-electron chi connectivity index (χ0n) is 16.5. The van der Waals surface area contributed by atoms with E-state index < -0.39 is 0 Å². The second-order valence-corrected chi connectivity index (χ2v) is 7.70. The lowest BCUT2D eigenvalue weighted by atomic mass is 9.84. The Hall–Kier alpha value is -3.86. The molecule has 6 rings (SSSR count). The molecule has 3 aromatic carbocycles. The van der Waals surface area contributed by atoms with E-state index in [0.29, 0.717) is 0 Å². The van der Waals surface area contributed by atoms with Gasteiger partial charge in [0.25, 0.3) is 0 Å². The fourth-order valence-corrected chi connectivity index (χ4v) is 4.39. The van der Waals surface area contributed by atoms with Crippen molar-refractivity contribution in [3.8, 4) is 5.75 Å². The van der Waals surface area contributed by atoms with Crippen molar-refractivity contribution < 1.29 is 4.74 Å². The van der Waals surface area contributed by atoms with Crippen molar-refractivity contribution in [2.24, 2.45) is 0 Å². The molecule has 5 nitrogen and oxygen atoms in total. The van der Waals surface area contributed by atoms with Gasteiger partial charge in [0.05, 0.1) is 5.70 Å². The van der Waals surface area contributed by atoms with Crippen LogP contribution in [0, 0.1) is 6.92 Å². The molecule has 5 heteroatoms. The highest BCUT2D eigenvalue weighted by Gasteiger charge is 2.40. The second-order valence-electron chi connectivity index (χ2n) is 7.70. The van der Waals surface area contributed by atoms with Gasteiger partial charge in [-0.25, -0.2) is 4.68 Å². The molecule has 0 fully saturated rings. The molecule has 30 heavy (non-hydrogen) atoms. The van der Waals surface area contributed by atoms with Crippen molar-refractivity contribution in [3.05, 3.63) is 113 Å². The number of rotatable bonds is 2. The highest BCUT2D eigenvalue weighted by Crippen LogP contribution is 2.50.